The zero-order valence-electron chi connectivity index (χ0n) is 48.5. The minimum atomic E-state index is 0.236. The minimum absolute atomic E-state index is 0.236. The van der Waals surface area contributed by atoms with E-state index in [9.17, 15) is 0 Å². The van der Waals surface area contributed by atoms with Crippen LogP contribution in [0.4, 0.5) is 0 Å². The van der Waals surface area contributed by atoms with Crippen LogP contribution in [0.3, 0.4) is 0 Å². The van der Waals surface area contributed by atoms with E-state index >= 15 is 0 Å². The van der Waals surface area contributed by atoms with Crippen molar-refractivity contribution in [1.82, 2.24) is 15.0 Å². The van der Waals surface area contributed by atoms with E-state index in [2.05, 4.69) is 188 Å². The second-order valence-corrected chi connectivity index (χ2v) is 26.2. The van der Waals surface area contributed by atoms with E-state index < -0.39 is 0 Å². The van der Waals surface area contributed by atoms with E-state index in [1.54, 1.807) is 0 Å². The first-order valence-electron chi connectivity index (χ1n) is 30.2. The number of hydrogen-bond acceptors (Lipinski definition) is 9. The molecule has 3 heterocycles. The number of ether oxygens (including phenoxy) is 6. The fraction of sp³-hybridized carbons (Fsp3) is 0.458. The zero-order valence-corrected chi connectivity index (χ0v) is 48.5. The number of rotatable bonds is 24. The van der Waals surface area contributed by atoms with Crippen LogP contribution in [0.1, 0.15) is 146 Å². The SMILES string of the molecule is CC1(C)[C@@H]2C[C@H]1[C@H](COCCOCc1cc(COCCOC[C@@H]3c4cc(-c5ccccc5)ncc4[C@H]4C[C@@H]3C4(C)C)cc(COCCOC[C@@H]3c4cc(-c5ccccc5)ncc4[C@H]4C[C@@H]3C4(C)C)c1)c1cc(-c3ccccc3)ncc12. The van der Waals surface area contributed by atoms with Gasteiger partial charge >= 0.3 is 0 Å². The Kier molecular flexibility index (Phi) is 15.2. The predicted molar refractivity (Wildman–Crippen MR) is 319 cm³/mol. The Morgan fingerprint density at radius 2 is 0.617 bits per heavy atom. The van der Waals surface area contributed by atoms with Gasteiger partial charge in [0.15, 0.2) is 0 Å². The van der Waals surface area contributed by atoms with Crippen LogP contribution in [0.5, 0.6) is 0 Å². The maximum atomic E-state index is 6.50. The van der Waals surface area contributed by atoms with Gasteiger partial charge in [0.1, 0.15) is 0 Å². The minimum Gasteiger partial charge on any atom is -0.378 e. The van der Waals surface area contributed by atoms with E-state index in [1.807, 2.05) is 0 Å². The van der Waals surface area contributed by atoms with Crippen molar-refractivity contribution in [3.05, 3.63) is 196 Å². The summed E-state index contributed by atoms with van der Waals surface area (Å²) in [6.07, 6.45) is 10.1. The van der Waals surface area contributed by atoms with E-state index in [1.165, 1.54) is 52.6 Å². The molecular weight excluding hydrogens is 1000 g/mol. The van der Waals surface area contributed by atoms with E-state index in [4.69, 9.17) is 43.4 Å². The topological polar surface area (TPSA) is 94.1 Å². The molecule has 0 aliphatic heterocycles. The third-order valence-electron chi connectivity index (χ3n) is 20.9. The first-order valence-corrected chi connectivity index (χ1v) is 30.2. The molecule has 3 saturated carbocycles. The Balaban J connectivity index is 0.627. The molecule has 9 heteroatoms. The third kappa shape index (κ3) is 10.4. The molecule has 16 rings (SSSR count). The molecule has 0 spiro atoms. The van der Waals surface area contributed by atoms with Crippen molar-refractivity contribution in [2.24, 2.45) is 34.0 Å². The average molecular weight is 1080 g/mol. The van der Waals surface area contributed by atoms with E-state index in [0.29, 0.717) is 133 Å². The van der Waals surface area contributed by atoms with Crippen molar-refractivity contribution in [1.29, 1.82) is 0 Å². The quantitative estimate of drug-likeness (QED) is 0.0549. The molecule has 0 saturated heterocycles. The molecule has 3 fully saturated rings. The number of hydrogen-bond donors (Lipinski definition) is 0. The van der Waals surface area contributed by atoms with Crippen molar-refractivity contribution in [3.63, 3.8) is 0 Å². The highest BCUT2D eigenvalue weighted by Crippen LogP contribution is 2.69. The lowest BCUT2D eigenvalue weighted by Crippen LogP contribution is -2.51. The predicted octanol–water partition coefficient (Wildman–Crippen LogP) is 15.3. The van der Waals surface area contributed by atoms with Crippen molar-refractivity contribution in [2.45, 2.75) is 116 Å². The van der Waals surface area contributed by atoms with Gasteiger partial charge in [0, 0.05) is 53.0 Å². The highest BCUT2D eigenvalue weighted by Gasteiger charge is 2.59. The fourth-order valence-corrected chi connectivity index (χ4v) is 16.0. The molecule has 7 aromatic rings. The molecule has 420 valence electrons. The standard InChI is InChI=1S/C72H81N3O6/c1-70(2)61-34-64(70)58(52-31-67(73-37-55(52)61)49-16-10-7-11-17-49)43-79-25-22-76-40-46-28-47(41-77-23-26-80-44-59-53-32-68(50-18-12-8-13-19-50)74-38-56(53)62-35-65(59)71(62,3)4)30-48(29-46)42-78-24-27-81-45-60-54-33-69(51-20-14-9-15-21-51)75-39-57(54)63-36-66(60)72(63,5)6/h7-21,28-33,37-39,58-66H,22-27,34-36,40-45H2,1-6H3/t58-,59-,60-,61-,62-,63-,64+,65+,66+/m1/s1. The van der Waals surface area contributed by atoms with Crippen LogP contribution in [0, 0.1) is 34.0 Å². The molecule has 0 amide bonds. The van der Waals surface area contributed by atoms with Gasteiger partial charge < -0.3 is 28.4 Å². The largest absolute Gasteiger partial charge is 0.378 e. The summed E-state index contributed by atoms with van der Waals surface area (Å²) in [6, 6.07) is 45.2. The molecule has 0 N–H and O–H groups in total. The normalized spacial score (nSPS) is 25.3. The Bertz CT molecular complexity index is 2960. The van der Waals surface area contributed by atoms with Crippen molar-refractivity contribution in [2.75, 3.05) is 59.5 Å². The molecule has 6 bridgehead atoms. The molecule has 9 atom stereocenters. The monoisotopic (exact) mass is 1080 g/mol. The Morgan fingerprint density at radius 1 is 0.346 bits per heavy atom. The van der Waals surface area contributed by atoms with Gasteiger partial charge in [-0.05, 0) is 139 Å². The lowest BCUT2D eigenvalue weighted by atomic mass is 9.44. The third-order valence-corrected chi connectivity index (χ3v) is 20.9. The summed E-state index contributed by atoms with van der Waals surface area (Å²) in [5.74, 6) is 4.42. The summed E-state index contributed by atoms with van der Waals surface area (Å²) in [4.78, 5) is 14.8. The first-order chi connectivity index (χ1) is 39.4. The van der Waals surface area contributed by atoms with Crippen molar-refractivity contribution < 1.29 is 28.4 Å². The van der Waals surface area contributed by atoms with Crippen LogP contribution in [-0.2, 0) is 48.2 Å². The molecule has 9 aliphatic carbocycles. The summed E-state index contributed by atoms with van der Waals surface area (Å²) in [5.41, 5.74) is 19.0. The highest BCUT2D eigenvalue weighted by atomic mass is 16.5. The Labute approximate surface area is 480 Å². The summed E-state index contributed by atoms with van der Waals surface area (Å²) in [5, 5.41) is 0. The molecular formula is C72H81N3O6. The molecule has 4 aromatic carbocycles. The summed E-state index contributed by atoms with van der Waals surface area (Å²) in [7, 11) is 0. The van der Waals surface area contributed by atoms with E-state index in [-0.39, 0.29) is 16.2 Å². The van der Waals surface area contributed by atoms with Crippen LogP contribution in [-0.4, -0.2) is 74.4 Å². The van der Waals surface area contributed by atoms with Gasteiger partial charge in [-0.15, -0.1) is 0 Å². The van der Waals surface area contributed by atoms with Crippen LogP contribution in [0.2, 0.25) is 0 Å². The van der Waals surface area contributed by atoms with Crippen LogP contribution >= 0.6 is 0 Å². The second kappa shape index (κ2) is 22.7. The van der Waals surface area contributed by atoms with Crippen LogP contribution < -0.4 is 0 Å². The lowest BCUT2D eigenvalue weighted by Gasteiger charge is -2.60. The summed E-state index contributed by atoms with van der Waals surface area (Å²) >= 11 is 0. The van der Waals surface area contributed by atoms with Gasteiger partial charge in [0.2, 0.25) is 0 Å². The lowest BCUT2D eigenvalue weighted by molar-refractivity contribution is -0.0412. The summed E-state index contributed by atoms with van der Waals surface area (Å²) in [6.45, 7) is 21.1. The molecule has 81 heavy (non-hydrogen) atoms. The maximum Gasteiger partial charge on any atom is 0.0718 e. The van der Waals surface area contributed by atoms with Gasteiger partial charge in [0.05, 0.1) is 96.4 Å². The second-order valence-electron chi connectivity index (χ2n) is 26.2. The Hall–Kier alpha value is -5.91. The molecule has 9 aliphatic rings. The first kappa shape index (κ1) is 54.3. The van der Waals surface area contributed by atoms with Gasteiger partial charge in [-0.3, -0.25) is 15.0 Å². The number of aromatic nitrogens is 3. The zero-order chi connectivity index (χ0) is 55.3. The van der Waals surface area contributed by atoms with Gasteiger partial charge in [-0.1, -0.05) is 151 Å². The Morgan fingerprint density at radius 3 is 0.889 bits per heavy atom. The van der Waals surface area contributed by atoms with Crippen molar-refractivity contribution >= 4 is 0 Å². The smallest absolute Gasteiger partial charge is 0.0718 e. The molecule has 3 aromatic heterocycles. The number of pyridine rings is 3. The maximum absolute atomic E-state index is 6.50. The average Bonchev–Trinajstić information content (AvgIpc) is 3.66. The number of nitrogens with zero attached hydrogens (tertiary/aromatic N) is 3. The summed E-state index contributed by atoms with van der Waals surface area (Å²) < 4.78 is 38.6. The van der Waals surface area contributed by atoms with Gasteiger partial charge in [0.25, 0.3) is 0 Å². The van der Waals surface area contributed by atoms with E-state index in [0.717, 1.165) is 50.5 Å². The van der Waals surface area contributed by atoms with Crippen molar-refractivity contribution in [3.8, 4) is 33.8 Å². The number of benzene rings is 4. The highest BCUT2D eigenvalue weighted by molar-refractivity contribution is 5.64. The molecule has 0 radical (unpaired) electrons. The fourth-order valence-electron chi connectivity index (χ4n) is 16.0. The molecule has 0 unspecified atom stereocenters. The van der Waals surface area contributed by atoms with Gasteiger partial charge in [-0.25, -0.2) is 0 Å². The van der Waals surface area contributed by atoms with Crippen LogP contribution in [0.15, 0.2) is 146 Å². The van der Waals surface area contributed by atoms with Crippen LogP contribution in [0.25, 0.3) is 33.8 Å². The molecule has 9 nitrogen and oxygen atoms in total. The van der Waals surface area contributed by atoms with Gasteiger partial charge in [-0.2, -0.15) is 0 Å².